The van der Waals surface area contributed by atoms with Crippen LogP contribution in [0.3, 0.4) is 0 Å². The lowest BCUT2D eigenvalue weighted by molar-refractivity contribution is -0.121. The maximum Gasteiger partial charge on any atom is 0.232 e. The molecule has 2 aromatic rings. The van der Waals surface area contributed by atoms with Crippen LogP contribution < -0.4 is 19.1 Å². The van der Waals surface area contributed by atoms with Gasteiger partial charge in [-0.1, -0.05) is 45.0 Å². The van der Waals surface area contributed by atoms with Gasteiger partial charge in [0.2, 0.25) is 15.9 Å². The summed E-state index contributed by atoms with van der Waals surface area (Å²) < 4.78 is 37.2. The molecule has 0 bridgehead atoms. The molecule has 0 aliphatic carbocycles. The first kappa shape index (κ1) is 26.5. The summed E-state index contributed by atoms with van der Waals surface area (Å²) in [4.78, 5) is 12.2. The molecule has 1 N–H and O–H groups in total. The summed E-state index contributed by atoms with van der Waals surface area (Å²) in [6, 6.07) is 15.0. The summed E-state index contributed by atoms with van der Waals surface area (Å²) in [5, 5.41) is 2.82. The number of sulfonamides is 1. The minimum atomic E-state index is -3.52. The number of para-hydroxylation sites is 2. The molecule has 0 fully saturated rings. The van der Waals surface area contributed by atoms with Crippen LogP contribution in [0.25, 0.3) is 0 Å². The van der Waals surface area contributed by atoms with Crippen molar-refractivity contribution in [1.82, 2.24) is 5.32 Å². The average Bonchev–Trinajstić information content (AvgIpc) is 2.74. The quantitative estimate of drug-likeness (QED) is 0.466. The van der Waals surface area contributed by atoms with E-state index in [1.165, 1.54) is 9.87 Å². The van der Waals surface area contributed by atoms with Crippen molar-refractivity contribution in [2.24, 2.45) is 0 Å². The minimum Gasteiger partial charge on any atom is -0.492 e. The van der Waals surface area contributed by atoms with Crippen LogP contribution in [-0.4, -0.2) is 46.9 Å². The number of benzene rings is 2. The molecule has 2 rings (SSSR count). The van der Waals surface area contributed by atoms with E-state index in [1.807, 2.05) is 31.2 Å². The van der Waals surface area contributed by atoms with Crippen LogP contribution in [0.15, 0.2) is 48.5 Å². The van der Waals surface area contributed by atoms with E-state index in [9.17, 15) is 13.2 Å². The highest BCUT2D eigenvalue weighted by Gasteiger charge is 2.21. The number of nitrogens with zero attached hydrogens (tertiary/aromatic N) is 1. The fourth-order valence-electron chi connectivity index (χ4n) is 3.29. The summed E-state index contributed by atoms with van der Waals surface area (Å²) in [7, 11) is -3.52. The predicted octanol–water partition coefficient (Wildman–Crippen LogP) is 4.12. The van der Waals surface area contributed by atoms with Crippen molar-refractivity contribution in [2.45, 2.75) is 46.0 Å². The lowest BCUT2D eigenvalue weighted by atomic mass is 9.87. The Bertz CT molecular complexity index is 998. The van der Waals surface area contributed by atoms with E-state index >= 15 is 0 Å². The Morgan fingerprint density at radius 1 is 1.03 bits per heavy atom. The zero-order valence-electron chi connectivity index (χ0n) is 20.3. The van der Waals surface area contributed by atoms with E-state index in [-0.39, 0.29) is 24.3 Å². The highest BCUT2D eigenvalue weighted by atomic mass is 32.2. The molecule has 0 atom stereocenters. The van der Waals surface area contributed by atoms with Gasteiger partial charge >= 0.3 is 0 Å². The second kappa shape index (κ2) is 11.9. The predicted molar refractivity (Wildman–Crippen MR) is 133 cm³/mol. The lowest BCUT2D eigenvalue weighted by Crippen LogP contribution is -2.33. The highest BCUT2D eigenvalue weighted by molar-refractivity contribution is 7.92. The summed E-state index contributed by atoms with van der Waals surface area (Å²) in [6.45, 7) is 9.67. The van der Waals surface area contributed by atoms with E-state index in [0.29, 0.717) is 37.6 Å². The molecule has 2 aromatic carbocycles. The van der Waals surface area contributed by atoms with E-state index < -0.39 is 10.0 Å². The van der Waals surface area contributed by atoms with Gasteiger partial charge in [-0.25, -0.2) is 8.42 Å². The van der Waals surface area contributed by atoms with Gasteiger partial charge in [0.1, 0.15) is 18.1 Å². The molecule has 0 radical (unpaired) electrons. The highest BCUT2D eigenvalue weighted by Crippen LogP contribution is 2.30. The summed E-state index contributed by atoms with van der Waals surface area (Å²) >= 11 is 0. The normalized spacial score (nSPS) is 11.7. The number of hydrogen-bond acceptors (Lipinski definition) is 5. The molecule has 0 aliphatic rings. The molecule has 33 heavy (non-hydrogen) atoms. The van der Waals surface area contributed by atoms with Gasteiger partial charge in [0, 0.05) is 13.0 Å². The van der Waals surface area contributed by atoms with Gasteiger partial charge in [0.25, 0.3) is 0 Å². The van der Waals surface area contributed by atoms with E-state index in [1.54, 1.807) is 24.3 Å². The number of hydrogen-bond donors (Lipinski definition) is 1. The first-order valence-corrected chi connectivity index (χ1v) is 13.1. The molecule has 7 nitrogen and oxygen atoms in total. The van der Waals surface area contributed by atoms with Gasteiger partial charge in [-0.2, -0.15) is 0 Å². The third-order valence-corrected chi connectivity index (χ3v) is 6.19. The Balaban J connectivity index is 1.79. The molecule has 0 aromatic heterocycles. The Kier molecular flexibility index (Phi) is 9.58. The molecule has 182 valence electrons. The molecule has 0 unspecified atom stereocenters. The number of rotatable bonds is 12. The van der Waals surface area contributed by atoms with Gasteiger partial charge in [0.15, 0.2) is 0 Å². The van der Waals surface area contributed by atoms with Crippen molar-refractivity contribution in [1.29, 1.82) is 0 Å². The van der Waals surface area contributed by atoms with Crippen LogP contribution in [-0.2, 0) is 20.2 Å². The van der Waals surface area contributed by atoms with Crippen LogP contribution in [0.1, 0.15) is 46.1 Å². The summed E-state index contributed by atoms with van der Waals surface area (Å²) in [5.41, 5.74) is 1.80. The molecular formula is C25H36N2O5S. The molecule has 0 heterocycles. The van der Waals surface area contributed by atoms with Gasteiger partial charge in [-0.3, -0.25) is 9.10 Å². The molecule has 0 saturated carbocycles. The molecular weight excluding hydrogens is 440 g/mol. The standard InChI is InChI=1S/C25H36N2O5S/c1-6-31-23-11-8-7-10-22(23)27(33(5,29)30)18-9-12-24(28)26-17-19-32-21-15-13-20(14-16-21)25(2,3)4/h7-8,10-11,13-16H,6,9,12,17-19H2,1-5H3,(H,26,28). The summed E-state index contributed by atoms with van der Waals surface area (Å²) in [5.74, 6) is 1.12. The third-order valence-electron chi connectivity index (χ3n) is 5.01. The van der Waals surface area contributed by atoms with Gasteiger partial charge in [-0.15, -0.1) is 0 Å². The van der Waals surface area contributed by atoms with Crippen LogP contribution in [0.4, 0.5) is 5.69 Å². The smallest absolute Gasteiger partial charge is 0.232 e. The Labute approximate surface area is 198 Å². The van der Waals surface area contributed by atoms with E-state index in [2.05, 4.69) is 26.1 Å². The topological polar surface area (TPSA) is 84.9 Å². The van der Waals surface area contributed by atoms with Gasteiger partial charge in [0.05, 0.1) is 25.1 Å². The average molecular weight is 477 g/mol. The van der Waals surface area contributed by atoms with Crippen LogP contribution in [0.2, 0.25) is 0 Å². The zero-order valence-corrected chi connectivity index (χ0v) is 21.1. The second-order valence-corrected chi connectivity index (χ2v) is 10.7. The largest absolute Gasteiger partial charge is 0.492 e. The Morgan fingerprint density at radius 2 is 1.70 bits per heavy atom. The molecule has 0 saturated heterocycles. The van der Waals surface area contributed by atoms with Crippen LogP contribution >= 0.6 is 0 Å². The SMILES string of the molecule is CCOc1ccccc1N(CCCC(=O)NCCOc1ccc(C(C)(C)C)cc1)S(C)(=O)=O. The maximum atomic E-state index is 12.3. The van der Waals surface area contributed by atoms with Crippen molar-refractivity contribution >= 4 is 21.6 Å². The first-order valence-electron chi connectivity index (χ1n) is 11.2. The number of carbonyl (C=O) groups is 1. The number of carbonyl (C=O) groups excluding carboxylic acids is 1. The number of amides is 1. The monoisotopic (exact) mass is 476 g/mol. The van der Waals surface area contributed by atoms with Crippen LogP contribution in [0.5, 0.6) is 11.5 Å². The van der Waals surface area contributed by atoms with Crippen molar-refractivity contribution in [3.63, 3.8) is 0 Å². The van der Waals surface area contributed by atoms with E-state index in [4.69, 9.17) is 9.47 Å². The number of nitrogens with one attached hydrogen (secondary N) is 1. The molecule has 0 spiro atoms. The van der Waals surface area contributed by atoms with Crippen molar-refractivity contribution in [3.05, 3.63) is 54.1 Å². The molecule has 1 amide bonds. The third kappa shape index (κ3) is 8.61. The second-order valence-electron chi connectivity index (χ2n) is 8.81. The van der Waals surface area contributed by atoms with Crippen molar-refractivity contribution in [3.8, 4) is 11.5 Å². The fraction of sp³-hybridized carbons (Fsp3) is 0.480. The summed E-state index contributed by atoms with van der Waals surface area (Å²) in [6.07, 6.45) is 1.75. The zero-order chi connectivity index (χ0) is 24.5. The Hall–Kier alpha value is -2.74. The molecule has 8 heteroatoms. The van der Waals surface area contributed by atoms with Crippen molar-refractivity contribution < 1.29 is 22.7 Å². The maximum absolute atomic E-state index is 12.3. The molecule has 0 aliphatic heterocycles. The number of ether oxygens (including phenoxy) is 2. The van der Waals surface area contributed by atoms with Gasteiger partial charge < -0.3 is 14.8 Å². The van der Waals surface area contributed by atoms with Crippen molar-refractivity contribution in [2.75, 3.05) is 36.9 Å². The number of anilines is 1. The van der Waals surface area contributed by atoms with Crippen LogP contribution in [0, 0.1) is 0 Å². The minimum absolute atomic E-state index is 0.0876. The van der Waals surface area contributed by atoms with E-state index in [0.717, 1.165) is 12.0 Å². The lowest BCUT2D eigenvalue weighted by Gasteiger charge is -2.24. The fourth-order valence-corrected chi connectivity index (χ4v) is 4.26. The first-order chi connectivity index (χ1) is 15.5. The van der Waals surface area contributed by atoms with Gasteiger partial charge in [-0.05, 0) is 48.6 Å². The Morgan fingerprint density at radius 3 is 2.30 bits per heavy atom.